The van der Waals surface area contributed by atoms with Gasteiger partial charge in [-0.15, -0.1) is 0 Å². The molecule has 0 heterocycles. The lowest BCUT2D eigenvalue weighted by Gasteiger charge is -2.27. The summed E-state index contributed by atoms with van der Waals surface area (Å²) in [7, 11) is 0. The van der Waals surface area contributed by atoms with Gasteiger partial charge in [-0.3, -0.25) is 0 Å². The minimum atomic E-state index is 0.496. The van der Waals surface area contributed by atoms with Crippen molar-refractivity contribution in [2.45, 2.75) is 83.8 Å². The summed E-state index contributed by atoms with van der Waals surface area (Å²) in [4.78, 5) is 0. The maximum absolute atomic E-state index is 6.12. The molecule has 2 fully saturated rings. The molecule has 2 aliphatic carbocycles. The van der Waals surface area contributed by atoms with Gasteiger partial charge >= 0.3 is 0 Å². The van der Waals surface area contributed by atoms with Crippen molar-refractivity contribution in [2.24, 2.45) is 11.8 Å². The quantitative estimate of drug-likeness (QED) is 0.655. The predicted octanol–water partition coefficient (Wildman–Crippen LogP) is 6.08. The molecule has 3 rings (SSSR count). The summed E-state index contributed by atoms with van der Waals surface area (Å²) in [6.45, 7) is 5.55. The van der Waals surface area contributed by atoms with Gasteiger partial charge in [-0.25, -0.2) is 0 Å². The molecule has 0 aromatic heterocycles. The summed E-state index contributed by atoms with van der Waals surface area (Å²) >= 11 is 0. The highest BCUT2D eigenvalue weighted by Crippen LogP contribution is 2.35. The first-order chi connectivity index (χ1) is 10.7. The molecule has 0 radical (unpaired) electrons. The van der Waals surface area contributed by atoms with Gasteiger partial charge in [0, 0.05) is 0 Å². The van der Waals surface area contributed by atoms with Crippen LogP contribution >= 0.6 is 0 Å². The van der Waals surface area contributed by atoms with Crippen LogP contribution in [0.2, 0.25) is 0 Å². The number of benzene rings is 1. The van der Waals surface area contributed by atoms with E-state index in [1.54, 1.807) is 5.56 Å². The van der Waals surface area contributed by atoms with E-state index in [2.05, 4.69) is 38.1 Å². The lowest BCUT2D eigenvalue weighted by molar-refractivity contribution is 0.00876. The van der Waals surface area contributed by atoms with Crippen LogP contribution in [-0.4, -0.2) is 6.10 Å². The zero-order valence-electron chi connectivity index (χ0n) is 14.4. The molecule has 0 saturated heterocycles. The SMILES string of the molecule is CC1CCC(OCc2ccc(C3CCC(C)CC3)cc2)CC1. The molecule has 0 bridgehead atoms. The van der Waals surface area contributed by atoms with E-state index in [1.165, 1.54) is 56.9 Å². The van der Waals surface area contributed by atoms with Gasteiger partial charge in [0.15, 0.2) is 0 Å². The topological polar surface area (TPSA) is 9.23 Å². The predicted molar refractivity (Wildman–Crippen MR) is 93.0 cm³/mol. The van der Waals surface area contributed by atoms with Gasteiger partial charge in [-0.05, 0) is 67.4 Å². The van der Waals surface area contributed by atoms with Crippen LogP contribution in [0.5, 0.6) is 0 Å². The van der Waals surface area contributed by atoms with Gasteiger partial charge in [0.1, 0.15) is 0 Å². The summed E-state index contributed by atoms with van der Waals surface area (Å²) < 4.78 is 6.12. The molecule has 1 aromatic carbocycles. The molecule has 0 N–H and O–H groups in total. The van der Waals surface area contributed by atoms with Gasteiger partial charge in [0.2, 0.25) is 0 Å². The van der Waals surface area contributed by atoms with E-state index < -0.39 is 0 Å². The highest BCUT2D eigenvalue weighted by atomic mass is 16.5. The van der Waals surface area contributed by atoms with E-state index in [1.807, 2.05) is 0 Å². The van der Waals surface area contributed by atoms with Crippen molar-refractivity contribution >= 4 is 0 Å². The highest BCUT2D eigenvalue weighted by molar-refractivity contribution is 5.25. The number of hydrogen-bond acceptors (Lipinski definition) is 1. The Labute approximate surface area is 136 Å². The zero-order chi connectivity index (χ0) is 15.4. The van der Waals surface area contributed by atoms with Crippen molar-refractivity contribution in [1.29, 1.82) is 0 Å². The fraction of sp³-hybridized carbons (Fsp3) is 0.714. The Bertz CT molecular complexity index is 433. The van der Waals surface area contributed by atoms with Gasteiger partial charge in [-0.2, -0.15) is 0 Å². The van der Waals surface area contributed by atoms with Crippen LogP contribution in [0.3, 0.4) is 0 Å². The molecule has 2 aliphatic rings. The Morgan fingerprint density at radius 2 is 1.32 bits per heavy atom. The Morgan fingerprint density at radius 3 is 1.91 bits per heavy atom. The van der Waals surface area contributed by atoms with E-state index in [-0.39, 0.29) is 0 Å². The molecule has 0 amide bonds. The first-order valence-electron chi connectivity index (χ1n) is 9.41. The lowest BCUT2D eigenvalue weighted by atomic mass is 9.79. The minimum Gasteiger partial charge on any atom is -0.374 e. The van der Waals surface area contributed by atoms with Crippen LogP contribution in [0.25, 0.3) is 0 Å². The Hall–Kier alpha value is -0.820. The molecule has 2 saturated carbocycles. The van der Waals surface area contributed by atoms with E-state index >= 15 is 0 Å². The van der Waals surface area contributed by atoms with E-state index in [4.69, 9.17) is 4.74 Å². The van der Waals surface area contributed by atoms with Crippen LogP contribution < -0.4 is 0 Å². The molecule has 122 valence electrons. The van der Waals surface area contributed by atoms with Crippen molar-refractivity contribution < 1.29 is 4.74 Å². The van der Waals surface area contributed by atoms with Gasteiger partial charge in [0.25, 0.3) is 0 Å². The van der Waals surface area contributed by atoms with Crippen LogP contribution in [0.4, 0.5) is 0 Å². The summed E-state index contributed by atoms with van der Waals surface area (Å²) in [6, 6.07) is 9.28. The average molecular weight is 300 g/mol. The average Bonchev–Trinajstić information content (AvgIpc) is 2.56. The largest absolute Gasteiger partial charge is 0.374 e. The van der Waals surface area contributed by atoms with Crippen molar-refractivity contribution in [3.8, 4) is 0 Å². The summed E-state index contributed by atoms with van der Waals surface area (Å²) in [5, 5.41) is 0. The second-order valence-corrected chi connectivity index (χ2v) is 7.89. The molecule has 0 atom stereocenters. The molecular weight excluding hydrogens is 268 g/mol. The highest BCUT2D eigenvalue weighted by Gasteiger charge is 2.20. The summed E-state index contributed by atoms with van der Waals surface area (Å²) in [5.74, 6) is 2.63. The van der Waals surface area contributed by atoms with Crippen molar-refractivity contribution in [2.75, 3.05) is 0 Å². The van der Waals surface area contributed by atoms with Crippen LogP contribution in [0, 0.1) is 11.8 Å². The lowest BCUT2D eigenvalue weighted by Crippen LogP contribution is -2.20. The standard InChI is InChI=1S/C21H32O/c1-16-3-9-19(10-4-16)20-11-7-18(8-12-20)15-22-21-13-5-17(2)6-14-21/h7-8,11-12,16-17,19,21H,3-6,9-10,13-15H2,1-2H3. The van der Waals surface area contributed by atoms with Crippen LogP contribution in [0.15, 0.2) is 24.3 Å². The third-order valence-electron chi connectivity index (χ3n) is 5.92. The second-order valence-electron chi connectivity index (χ2n) is 7.89. The Morgan fingerprint density at radius 1 is 0.773 bits per heavy atom. The second kappa shape index (κ2) is 7.64. The monoisotopic (exact) mass is 300 g/mol. The first kappa shape index (κ1) is 16.1. The van der Waals surface area contributed by atoms with Crippen LogP contribution in [-0.2, 0) is 11.3 Å². The van der Waals surface area contributed by atoms with Crippen molar-refractivity contribution in [1.82, 2.24) is 0 Å². The molecule has 1 heteroatoms. The van der Waals surface area contributed by atoms with Gasteiger partial charge < -0.3 is 4.74 Å². The third-order valence-corrected chi connectivity index (χ3v) is 5.92. The smallest absolute Gasteiger partial charge is 0.0720 e. The van der Waals surface area contributed by atoms with E-state index in [0.29, 0.717) is 6.10 Å². The summed E-state index contributed by atoms with van der Waals surface area (Å²) in [6.07, 6.45) is 11.2. The first-order valence-corrected chi connectivity index (χ1v) is 9.41. The maximum Gasteiger partial charge on any atom is 0.0720 e. The molecule has 22 heavy (non-hydrogen) atoms. The van der Waals surface area contributed by atoms with Gasteiger partial charge in [-0.1, -0.05) is 51.0 Å². The number of ether oxygens (including phenoxy) is 1. The van der Waals surface area contributed by atoms with Crippen molar-refractivity contribution in [3.63, 3.8) is 0 Å². The van der Waals surface area contributed by atoms with E-state index in [9.17, 15) is 0 Å². The molecule has 0 aliphatic heterocycles. The Balaban J connectivity index is 1.47. The molecule has 0 unspecified atom stereocenters. The zero-order valence-corrected chi connectivity index (χ0v) is 14.4. The molecule has 1 aromatic rings. The van der Waals surface area contributed by atoms with Crippen molar-refractivity contribution in [3.05, 3.63) is 35.4 Å². The number of hydrogen-bond donors (Lipinski definition) is 0. The molecule has 0 spiro atoms. The molecule has 1 nitrogen and oxygen atoms in total. The van der Waals surface area contributed by atoms with E-state index in [0.717, 1.165) is 24.4 Å². The van der Waals surface area contributed by atoms with Crippen LogP contribution in [0.1, 0.15) is 82.3 Å². The maximum atomic E-state index is 6.12. The minimum absolute atomic E-state index is 0.496. The molecular formula is C21H32O. The normalized spacial score (nSPS) is 32.8. The third kappa shape index (κ3) is 4.35. The fourth-order valence-corrected chi connectivity index (χ4v) is 4.09. The summed E-state index contributed by atoms with van der Waals surface area (Å²) in [5.41, 5.74) is 2.88. The van der Waals surface area contributed by atoms with Gasteiger partial charge in [0.05, 0.1) is 12.7 Å². The Kier molecular flexibility index (Phi) is 5.57. The number of rotatable bonds is 4. The fourth-order valence-electron chi connectivity index (χ4n) is 4.09.